The Balaban J connectivity index is 1.81. The molecule has 1 heterocycles. The molecule has 1 aromatic rings. The minimum absolute atomic E-state index is 0.0500. The molecule has 4 nitrogen and oxygen atoms in total. The molecule has 1 fully saturated rings. The van der Waals surface area contributed by atoms with Crippen LogP contribution < -0.4 is 10.6 Å². The van der Waals surface area contributed by atoms with Crippen molar-refractivity contribution >= 4 is 5.91 Å². The molecule has 0 unspecified atom stereocenters. The Morgan fingerprint density at radius 1 is 1.33 bits per heavy atom. The van der Waals surface area contributed by atoms with Crippen LogP contribution >= 0.6 is 0 Å². The highest BCUT2D eigenvalue weighted by atomic mass is 19.4. The smallest absolute Gasteiger partial charge is 0.385 e. The van der Waals surface area contributed by atoms with Crippen LogP contribution in [0, 0.1) is 0 Å². The monoisotopic (exact) mass is 342 g/mol. The fraction of sp³-hybridized carbons (Fsp3) is 0.588. The Labute approximate surface area is 138 Å². The minimum Gasteiger partial charge on any atom is -0.385 e. The maximum absolute atomic E-state index is 13.3. The van der Waals surface area contributed by atoms with Crippen molar-refractivity contribution in [2.24, 2.45) is 0 Å². The zero-order valence-electron chi connectivity index (χ0n) is 13.6. The molecule has 1 saturated carbocycles. The van der Waals surface area contributed by atoms with E-state index in [9.17, 15) is 18.0 Å². The standard InChI is InChI=1S/C17H21F3N2O2/c1-24-6-5-16(3-2-4-16)22-9-11-7-12-13(10-21-15(12)23)14(8-11)17(18,19)20/h7-8,22H,2-6,9-10H2,1H3,(H,21,23). The molecular weight excluding hydrogens is 321 g/mol. The van der Waals surface area contributed by atoms with Crippen molar-refractivity contribution < 1.29 is 22.7 Å². The van der Waals surface area contributed by atoms with Crippen molar-refractivity contribution in [2.45, 2.75) is 50.5 Å². The average molecular weight is 342 g/mol. The molecule has 1 amide bonds. The summed E-state index contributed by atoms with van der Waals surface area (Å²) >= 11 is 0. The topological polar surface area (TPSA) is 50.4 Å². The van der Waals surface area contributed by atoms with Gasteiger partial charge >= 0.3 is 6.18 Å². The fourth-order valence-corrected chi connectivity index (χ4v) is 3.45. The van der Waals surface area contributed by atoms with Crippen LogP contribution in [0.2, 0.25) is 0 Å². The third kappa shape index (κ3) is 3.28. The predicted molar refractivity (Wildman–Crippen MR) is 82.5 cm³/mol. The lowest BCUT2D eigenvalue weighted by atomic mass is 9.74. The van der Waals surface area contributed by atoms with Crippen LogP contribution in [0.5, 0.6) is 0 Å². The molecule has 0 atom stereocenters. The number of rotatable bonds is 6. The van der Waals surface area contributed by atoms with Crippen LogP contribution in [0.1, 0.15) is 52.7 Å². The first kappa shape index (κ1) is 17.2. The summed E-state index contributed by atoms with van der Waals surface area (Å²) < 4.78 is 45.0. The Morgan fingerprint density at radius 2 is 2.08 bits per heavy atom. The summed E-state index contributed by atoms with van der Waals surface area (Å²) in [4.78, 5) is 11.8. The van der Waals surface area contributed by atoms with Crippen LogP contribution in [0.25, 0.3) is 0 Å². The summed E-state index contributed by atoms with van der Waals surface area (Å²) in [6.07, 6.45) is -0.531. The summed E-state index contributed by atoms with van der Waals surface area (Å²) in [5.74, 6) is -0.435. The molecule has 2 N–H and O–H groups in total. The van der Waals surface area contributed by atoms with Crippen LogP contribution in [0.4, 0.5) is 13.2 Å². The molecule has 1 aliphatic heterocycles. The molecule has 0 saturated heterocycles. The SMILES string of the molecule is COCCC1(NCc2cc3c(c(C(F)(F)F)c2)CNC3=O)CCC1. The van der Waals surface area contributed by atoms with E-state index < -0.39 is 17.6 Å². The highest BCUT2D eigenvalue weighted by Gasteiger charge is 2.39. The van der Waals surface area contributed by atoms with E-state index in [1.54, 1.807) is 13.2 Å². The van der Waals surface area contributed by atoms with Crippen LogP contribution in [-0.4, -0.2) is 25.2 Å². The van der Waals surface area contributed by atoms with Gasteiger partial charge in [0.05, 0.1) is 5.56 Å². The first-order valence-electron chi connectivity index (χ1n) is 8.10. The van der Waals surface area contributed by atoms with E-state index in [1.165, 1.54) is 0 Å². The Kier molecular flexibility index (Phi) is 4.57. The van der Waals surface area contributed by atoms with Crippen LogP contribution in [0.3, 0.4) is 0 Å². The number of nitrogens with one attached hydrogen (secondary N) is 2. The second-order valence-electron chi connectivity index (χ2n) is 6.58. The van der Waals surface area contributed by atoms with Crippen LogP contribution in [-0.2, 0) is 24.0 Å². The first-order valence-corrected chi connectivity index (χ1v) is 8.10. The quantitative estimate of drug-likeness (QED) is 0.836. The van der Waals surface area contributed by atoms with Gasteiger partial charge in [0.1, 0.15) is 0 Å². The lowest BCUT2D eigenvalue weighted by Gasteiger charge is -2.43. The highest BCUT2D eigenvalue weighted by Crippen LogP contribution is 2.37. The second-order valence-corrected chi connectivity index (χ2v) is 6.58. The number of amides is 1. The average Bonchev–Trinajstić information content (AvgIpc) is 2.86. The molecule has 0 spiro atoms. The zero-order valence-corrected chi connectivity index (χ0v) is 13.6. The number of ether oxygens (including phenoxy) is 1. The number of hydrogen-bond donors (Lipinski definition) is 2. The van der Waals surface area contributed by atoms with Gasteiger partial charge in [-0.25, -0.2) is 0 Å². The predicted octanol–water partition coefficient (Wildman–Crippen LogP) is 3.00. The summed E-state index contributed by atoms with van der Waals surface area (Å²) in [6.45, 7) is 0.870. The van der Waals surface area contributed by atoms with E-state index in [0.717, 1.165) is 31.7 Å². The van der Waals surface area contributed by atoms with Crippen molar-refractivity contribution in [3.05, 3.63) is 34.4 Å². The van der Waals surface area contributed by atoms with E-state index in [4.69, 9.17) is 4.74 Å². The highest BCUT2D eigenvalue weighted by molar-refractivity contribution is 5.99. The number of carbonyl (C=O) groups excluding carboxylic acids is 1. The molecule has 1 aromatic carbocycles. The Bertz CT molecular complexity index is 639. The molecular formula is C17H21F3N2O2. The van der Waals surface area contributed by atoms with Crippen molar-refractivity contribution in [3.63, 3.8) is 0 Å². The molecule has 24 heavy (non-hydrogen) atoms. The normalized spacial score (nSPS) is 18.9. The number of fused-ring (bicyclic) bond motifs is 1. The third-order valence-corrected chi connectivity index (χ3v) is 5.05. The largest absolute Gasteiger partial charge is 0.416 e. The maximum atomic E-state index is 13.3. The minimum atomic E-state index is -4.46. The zero-order chi connectivity index (χ0) is 17.4. The van der Waals surface area contributed by atoms with Crippen molar-refractivity contribution in [3.8, 4) is 0 Å². The maximum Gasteiger partial charge on any atom is 0.416 e. The number of methoxy groups -OCH3 is 1. The van der Waals surface area contributed by atoms with E-state index >= 15 is 0 Å². The van der Waals surface area contributed by atoms with Gasteiger partial charge in [0.25, 0.3) is 5.91 Å². The summed E-state index contributed by atoms with van der Waals surface area (Å²) in [6, 6.07) is 2.73. The molecule has 0 bridgehead atoms. The van der Waals surface area contributed by atoms with Crippen molar-refractivity contribution in [1.82, 2.24) is 10.6 Å². The molecule has 1 aliphatic carbocycles. The number of carbonyl (C=O) groups is 1. The van der Waals surface area contributed by atoms with Gasteiger partial charge in [-0.2, -0.15) is 13.2 Å². The molecule has 0 radical (unpaired) electrons. The summed E-state index contributed by atoms with van der Waals surface area (Å²) in [5.41, 5.74) is -0.0953. The van der Waals surface area contributed by atoms with Crippen molar-refractivity contribution in [1.29, 1.82) is 0 Å². The van der Waals surface area contributed by atoms with Gasteiger partial charge in [-0.15, -0.1) is 0 Å². The number of halogens is 3. The molecule has 7 heteroatoms. The molecule has 0 aromatic heterocycles. The van der Waals surface area contributed by atoms with E-state index in [0.29, 0.717) is 18.7 Å². The second kappa shape index (κ2) is 6.37. The van der Waals surface area contributed by atoms with Crippen LogP contribution in [0.15, 0.2) is 12.1 Å². The van der Waals surface area contributed by atoms with E-state index in [2.05, 4.69) is 10.6 Å². The van der Waals surface area contributed by atoms with Gasteiger partial charge in [0, 0.05) is 37.9 Å². The lowest BCUT2D eigenvalue weighted by Crippen LogP contribution is -2.51. The van der Waals surface area contributed by atoms with Gasteiger partial charge in [-0.1, -0.05) is 0 Å². The number of benzene rings is 1. The molecule has 3 rings (SSSR count). The first-order chi connectivity index (χ1) is 11.3. The van der Waals surface area contributed by atoms with Gasteiger partial charge in [-0.05, 0) is 48.9 Å². The lowest BCUT2D eigenvalue weighted by molar-refractivity contribution is -0.138. The third-order valence-electron chi connectivity index (χ3n) is 5.05. The molecule has 132 valence electrons. The Hall–Kier alpha value is -1.60. The Morgan fingerprint density at radius 3 is 2.67 bits per heavy atom. The number of hydrogen-bond acceptors (Lipinski definition) is 3. The fourth-order valence-electron chi connectivity index (χ4n) is 3.45. The van der Waals surface area contributed by atoms with E-state index in [1.807, 2.05) is 0 Å². The van der Waals surface area contributed by atoms with Gasteiger partial charge in [-0.3, -0.25) is 4.79 Å². The van der Waals surface area contributed by atoms with E-state index in [-0.39, 0.29) is 23.2 Å². The van der Waals surface area contributed by atoms with Gasteiger partial charge in [0.2, 0.25) is 0 Å². The van der Waals surface area contributed by atoms with Crippen molar-refractivity contribution in [2.75, 3.05) is 13.7 Å². The van der Waals surface area contributed by atoms with Gasteiger partial charge < -0.3 is 15.4 Å². The van der Waals surface area contributed by atoms with Gasteiger partial charge in [0.15, 0.2) is 0 Å². The molecule has 2 aliphatic rings. The number of alkyl halides is 3. The summed E-state index contributed by atoms with van der Waals surface area (Å²) in [7, 11) is 1.64. The summed E-state index contributed by atoms with van der Waals surface area (Å²) in [5, 5.41) is 5.86.